The number of fused-ring (bicyclic) bond motifs is 2. The van der Waals surface area contributed by atoms with E-state index in [1.165, 1.54) is 11.6 Å². The number of hydrogen-bond acceptors (Lipinski definition) is 9. The van der Waals surface area contributed by atoms with E-state index < -0.39 is 0 Å². The molecule has 0 N–H and O–H groups in total. The van der Waals surface area contributed by atoms with E-state index in [-0.39, 0.29) is 18.4 Å². The fourth-order valence-corrected chi connectivity index (χ4v) is 3.44. The molecule has 0 atom stereocenters. The van der Waals surface area contributed by atoms with Crippen LogP contribution in [0.4, 0.5) is 0 Å². The van der Waals surface area contributed by atoms with Gasteiger partial charge in [0.25, 0.3) is 11.8 Å². The van der Waals surface area contributed by atoms with Crippen molar-refractivity contribution in [2.24, 2.45) is 0 Å². The van der Waals surface area contributed by atoms with Crippen LogP contribution in [0.3, 0.4) is 0 Å². The molecule has 5 heterocycles. The van der Waals surface area contributed by atoms with Gasteiger partial charge in [0.15, 0.2) is 17.1 Å². The molecule has 0 spiro atoms. The Morgan fingerprint density at radius 1 is 1.23 bits per heavy atom. The molecular weight excluding hydrogens is 402 g/mol. The van der Waals surface area contributed by atoms with Gasteiger partial charge in [-0.2, -0.15) is 4.52 Å². The molecule has 5 rings (SSSR count). The van der Waals surface area contributed by atoms with E-state index in [0.29, 0.717) is 53.0 Å². The molecule has 0 saturated heterocycles. The third kappa shape index (κ3) is 3.23. The number of nitrogens with zero attached hydrogens (tertiary/aromatic N) is 7. The second-order valence-electron chi connectivity index (χ2n) is 7.04. The van der Waals surface area contributed by atoms with Crippen LogP contribution in [-0.2, 0) is 13.2 Å². The van der Waals surface area contributed by atoms with Gasteiger partial charge < -0.3 is 18.9 Å². The number of amides is 1. The average Bonchev–Trinajstić information content (AvgIpc) is 3.47. The van der Waals surface area contributed by atoms with Crippen LogP contribution >= 0.6 is 0 Å². The van der Waals surface area contributed by atoms with E-state index in [4.69, 9.17) is 14.0 Å². The summed E-state index contributed by atoms with van der Waals surface area (Å²) in [5, 5.41) is 16.7. The van der Waals surface area contributed by atoms with Crippen LogP contribution in [0.1, 0.15) is 34.4 Å². The molecule has 0 aromatic carbocycles. The molecule has 11 heteroatoms. The SMILES string of the molecule is CCN1Cc2nc(COc3nn4c(-c5cc(C)on5)nnc4cc3OC)ccc2C1=O. The Hall–Kier alpha value is -4.02. The first-order chi connectivity index (χ1) is 15.1. The Kier molecular flexibility index (Phi) is 4.50. The van der Waals surface area contributed by atoms with Crippen LogP contribution in [0, 0.1) is 6.92 Å². The van der Waals surface area contributed by atoms with Crippen molar-refractivity contribution in [2.45, 2.75) is 27.0 Å². The molecule has 1 aliphatic heterocycles. The smallest absolute Gasteiger partial charge is 0.275 e. The maximum Gasteiger partial charge on any atom is 0.275 e. The van der Waals surface area contributed by atoms with Gasteiger partial charge >= 0.3 is 0 Å². The lowest BCUT2D eigenvalue weighted by Gasteiger charge is -2.10. The Bertz CT molecular complexity index is 1300. The second-order valence-corrected chi connectivity index (χ2v) is 7.04. The molecule has 1 amide bonds. The van der Waals surface area contributed by atoms with E-state index in [2.05, 4.69) is 25.4 Å². The molecule has 0 unspecified atom stereocenters. The van der Waals surface area contributed by atoms with Crippen molar-refractivity contribution in [3.63, 3.8) is 0 Å². The summed E-state index contributed by atoms with van der Waals surface area (Å²) in [7, 11) is 1.53. The van der Waals surface area contributed by atoms with E-state index >= 15 is 0 Å². The fourth-order valence-electron chi connectivity index (χ4n) is 3.44. The number of carbonyl (C=O) groups is 1. The van der Waals surface area contributed by atoms with Gasteiger partial charge in [0, 0.05) is 18.7 Å². The molecule has 4 aromatic rings. The summed E-state index contributed by atoms with van der Waals surface area (Å²) in [4.78, 5) is 18.6. The highest BCUT2D eigenvalue weighted by atomic mass is 16.5. The first-order valence-corrected chi connectivity index (χ1v) is 9.72. The standard InChI is InChI=1S/C20H19N7O4/c1-4-26-9-15-13(20(26)28)6-5-12(21-15)10-30-19-16(29-3)8-17-22-23-18(27(17)24-19)14-7-11(2)31-25-14/h5-8H,4,9-10H2,1-3H3. The molecule has 11 nitrogen and oxygen atoms in total. The minimum atomic E-state index is 0.00878. The molecule has 1 aliphatic rings. The van der Waals surface area contributed by atoms with Crippen LogP contribution in [0.25, 0.3) is 17.2 Å². The van der Waals surface area contributed by atoms with Gasteiger partial charge in [-0.15, -0.1) is 15.3 Å². The average molecular weight is 421 g/mol. The van der Waals surface area contributed by atoms with E-state index in [0.717, 1.165) is 5.69 Å². The number of carbonyl (C=O) groups excluding carboxylic acids is 1. The number of aromatic nitrogens is 6. The van der Waals surface area contributed by atoms with Crippen LogP contribution < -0.4 is 9.47 Å². The van der Waals surface area contributed by atoms with Crippen molar-refractivity contribution in [2.75, 3.05) is 13.7 Å². The Balaban J connectivity index is 1.43. The van der Waals surface area contributed by atoms with Crippen molar-refractivity contribution < 1.29 is 18.8 Å². The highest BCUT2D eigenvalue weighted by Gasteiger charge is 2.27. The lowest BCUT2D eigenvalue weighted by molar-refractivity contribution is 0.0787. The van der Waals surface area contributed by atoms with Gasteiger partial charge in [0.2, 0.25) is 5.82 Å². The molecule has 0 radical (unpaired) electrons. The van der Waals surface area contributed by atoms with Crippen LogP contribution in [0.15, 0.2) is 28.8 Å². The third-order valence-corrected chi connectivity index (χ3v) is 5.03. The molecular formula is C20H19N7O4. The minimum absolute atomic E-state index is 0.00878. The highest BCUT2D eigenvalue weighted by Crippen LogP contribution is 2.28. The number of rotatable bonds is 6. The Morgan fingerprint density at radius 2 is 2.10 bits per heavy atom. The largest absolute Gasteiger partial charge is 0.491 e. The van der Waals surface area contributed by atoms with Crippen molar-refractivity contribution in [1.82, 2.24) is 34.9 Å². The molecule has 0 fully saturated rings. The predicted octanol–water partition coefficient (Wildman–Crippen LogP) is 2.05. The van der Waals surface area contributed by atoms with E-state index in [1.807, 2.05) is 6.92 Å². The fraction of sp³-hybridized carbons (Fsp3) is 0.300. The van der Waals surface area contributed by atoms with Gasteiger partial charge in [-0.1, -0.05) is 5.16 Å². The monoisotopic (exact) mass is 421 g/mol. The zero-order valence-corrected chi connectivity index (χ0v) is 17.2. The molecule has 0 saturated carbocycles. The van der Waals surface area contributed by atoms with Gasteiger partial charge in [-0.25, -0.2) is 0 Å². The zero-order valence-electron chi connectivity index (χ0n) is 17.2. The second kappa shape index (κ2) is 7.35. The summed E-state index contributed by atoms with van der Waals surface area (Å²) in [6, 6.07) is 7.00. The lowest BCUT2D eigenvalue weighted by atomic mass is 10.2. The number of ether oxygens (including phenoxy) is 2. The molecule has 0 bridgehead atoms. The molecule has 158 valence electrons. The first kappa shape index (κ1) is 19.0. The van der Waals surface area contributed by atoms with Crippen LogP contribution in [0.2, 0.25) is 0 Å². The lowest BCUT2D eigenvalue weighted by Crippen LogP contribution is -2.22. The summed E-state index contributed by atoms with van der Waals surface area (Å²) in [6.45, 7) is 5.05. The maximum atomic E-state index is 12.3. The van der Waals surface area contributed by atoms with Crippen molar-refractivity contribution in [3.05, 3.63) is 47.0 Å². The van der Waals surface area contributed by atoms with Gasteiger partial charge in [-0.3, -0.25) is 9.78 Å². The summed E-state index contributed by atoms with van der Waals surface area (Å²) >= 11 is 0. The molecule has 31 heavy (non-hydrogen) atoms. The summed E-state index contributed by atoms with van der Waals surface area (Å²) in [5.41, 5.74) is 3.07. The maximum absolute atomic E-state index is 12.3. The zero-order chi connectivity index (χ0) is 21.5. The summed E-state index contributed by atoms with van der Waals surface area (Å²) in [6.07, 6.45) is 0. The van der Waals surface area contributed by atoms with E-state index in [1.54, 1.807) is 36.1 Å². The Labute approximate surface area is 176 Å². The Morgan fingerprint density at radius 3 is 2.84 bits per heavy atom. The number of aryl methyl sites for hydroxylation is 1. The summed E-state index contributed by atoms with van der Waals surface area (Å²) < 4.78 is 18.0. The quantitative estimate of drug-likeness (QED) is 0.460. The minimum Gasteiger partial charge on any atom is -0.491 e. The number of methoxy groups -OCH3 is 1. The van der Waals surface area contributed by atoms with Gasteiger partial charge in [0.1, 0.15) is 12.4 Å². The molecule has 4 aromatic heterocycles. The van der Waals surface area contributed by atoms with Gasteiger partial charge in [-0.05, 0) is 26.0 Å². The van der Waals surface area contributed by atoms with Crippen LogP contribution in [0.5, 0.6) is 11.6 Å². The molecule has 0 aliphatic carbocycles. The van der Waals surface area contributed by atoms with Crippen molar-refractivity contribution >= 4 is 11.6 Å². The third-order valence-electron chi connectivity index (χ3n) is 5.03. The number of pyridine rings is 1. The topological polar surface area (TPSA) is 121 Å². The summed E-state index contributed by atoms with van der Waals surface area (Å²) in [5.74, 6) is 1.75. The normalized spacial score (nSPS) is 13.1. The van der Waals surface area contributed by atoms with Crippen molar-refractivity contribution in [3.8, 4) is 23.1 Å². The number of hydrogen-bond donors (Lipinski definition) is 0. The van der Waals surface area contributed by atoms with Crippen molar-refractivity contribution in [1.29, 1.82) is 0 Å². The van der Waals surface area contributed by atoms with Gasteiger partial charge in [0.05, 0.1) is 30.6 Å². The van der Waals surface area contributed by atoms with E-state index in [9.17, 15) is 4.79 Å². The first-order valence-electron chi connectivity index (χ1n) is 9.72. The highest BCUT2D eigenvalue weighted by molar-refractivity contribution is 5.97. The van der Waals surface area contributed by atoms with Crippen LogP contribution in [-0.4, -0.2) is 54.4 Å². The predicted molar refractivity (Wildman–Crippen MR) is 107 cm³/mol.